The van der Waals surface area contributed by atoms with Crippen LogP contribution in [0.2, 0.25) is 0 Å². The van der Waals surface area contributed by atoms with E-state index >= 15 is 0 Å². The molecule has 0 amide bonds. The molecule has 0 aliphatic heterocycles. The van der Waals surface area contributed by atoms with E-state index in [4.69, 9.17) is 0 Å². The maximum atomic E-state index is 2.47. The summed E-state index contributed by atoms with van der Waals surface area (Å²) in [6, 6.07) is 14.0. The molecule has 136 valence electrons. The van der Waals surface area contributed by atoms with Crippen molar-refractivity contribution in [2.45, 2.75) is 85.5 Å². The lowest BCUT2D eigenvalue weighted by molar-refractivity contribution is 0.791. The first-order valence-corrected chi connectivity index (χ1v) is 10.1. The highest BCUT2D eigenvalue weighted by Gasteiger charge is 2.20. The standard InChI is InChI=1S/C25H36/c1-8-9-12-20-13-10-11-14-22(20)25-23(18(4)5)15-21(17(2)3)16-24(25)19(6)7/h10-11,13-19H,8-9,12H2,1-7H3. The summed E-state index contributed by atoms with van der Waals surface area (Å²) in [5.74, 6) is 1.63. The molecule has 0 saturated heterocycles. The fourth-order valence-corrected chi connectivity index (χ4v) is 3.62. The topological polar surface area (TPSA) is 0 Å². The molecule has 0 radical (unpaired) electrons. The normalized spacial score (nSPS) is 11.8. The summed E-state index contributed by atoms with van der Waals surface area (Å²) in [4.78, 5) is 0. The highest BCUT2D eigenvalue weighted by atomic mass is 14.2. The van der Waals surface area contributed by atoms with Gasteiger partial charge in [-0.25, -0.2) is 0 Å². The van der Waals surface area contributed by atoms with Gasteiger partial charge in [0.05, 0.1) is 0 Å². The molecule has 0 heteroatoms. The maximum Gasteiger partial charge on any atom is -0.0112 e. The molecule has 2 aromatic carbocycles. The largest absolute Gasteiger partial charge is 0.0654 e. The summed E-state index contributed by atoms with van der Waals surface area (Å²) in [5, 5.41) is 0. The molecule has 0 fully saturated rings. The van der Waals surface area contributed by atoms with E-state index in [1.807, 2.05) is 0 Å². The van der Waals surface area contributed by atoms with Crippen LogP contribution in [0.25, 0.3) is 11.1 Å². The second-order valence-corrected chi connectivity index (χ2v) is 8.30. The molecule has 0 nitrogen and oxygen atoms in total. The lowest BCUT2D eigenvalue weighted by atomic mass is 9.80. The van der Waals surface area contributed by atoms with Gasteiger partial charge in [-0.2, -0.15) is 0 Å². The first-order chi connectivity index (χ1) is 11.9. The summed E-state index contributed by atoms with van der Waals surface area (Å²) in [6.45, 7) is 16.2. The second-order valence-electron chi connectivity index (χ2n) is 8.30. The van der Waals surface area contributed by atoms with E-state index in [2.05, 4.69) is 84.9 Å². The summed E-state index contributed by atoms with van der Waals surface area (Å²) >= 11 is 0. The summed E-state index contributed by atoms with van der Waals surface area (Å²) < 4.78 is 0. The van der Waals surface area contributed by atoms with E-state index in [0.29, 0.717) is 17.8 Å². The number of hydrogen-bond acceptors (Lipinski definition) is 0. The average Bonchev–Trinajstić information content (AvgIpc) is 2.58. The Morgan fingerprint density at radius 1 is 0.760 bits per heavy atom. The SMILES string of the molecule is CCCCc1ccccc1-c1c(C(C)C)cc(C(C)C)cc1C(C)C. The van der Waals surface area contributed by atoms with Gasteiger partial charge in [0.1, 0.15) is 0 Å². The molecule has 0 aliphatic carbocycles. The highest BCUT2D eigenvalue weighted by molar-refractivity contribution is 5.76. The van der Waals surface area contributed by atoms with Crippen LogP contribution in [-0.4, -0.2) is 0 Å². The summed E-state index contributed by atoms with van der Waals surface area (Å²) in [6.07, 6.45) is 3.68. The Bertz CT molecular complexity index is 660. The Kier molecular flexibility index (Phi) is 6.87. The van der Waals surface area contributed by atoms with E-state index in [1.165, 1.54) is 52.6 Å². The molecular weight excluding hydrogens is 300 g/mol. The molecule has 2 aromatic rings. The fraction of sp³-hybridized carbons (Fsp3) is 0.520. The fourth-order valence-electron chi connectivity index (χ4n) is 3.62. The van der Waals surface area contributed by atoms with Crippen molar-refractivity contribution in [3.8, 4) is 11.1 Å². The van der Waals surface area contributed by atoms with Crippen LogP contribution in [0, 0.1) is 0 Å². The van der Waals surface area contributed by atoms with Crippen LogP contribution in [0.3, 0.4) is 0 Å². The van der Waals surface area contributed by atoms with Crippen LogP contribution in [0.5, 0.6) is 0 Å². The minimum atomic E-state index is 0.533. The lowest BCUT2D eigenvalue weighted by Crippen LogP contribution is -2.05. The van der Waals surface area contributed by atoms with Crippen molar-refractivity contribution in [3.63, 3.8) is 0 Å². The zero-order chi connectivity index (χ0) is 18.6. The average molecular weight is 337 g/mol. The molecule has 0 bridgehead atoms. The van der Waals surface area contributed by atoms with Crippen molar-refractivity contribution in [1.29, 1.82) is 0 Å². The van der Waals surface area contributed by atoms with Crippen molar-refractivity contribution in [3.05, 3.63) is 58.7 Å². The summed E-state index contributed by atoms with van der Waals surface area (Å²) in [7, 11) is 0. The van der Waals surface area contributed by atoms with Gasteiger partial charge in [0.2, 0.25) is 0 Å². The summed E-state index contributed by atoms with van der Waals surface area (Å²) in [5.41, 5.74) is 8.96. The molecule has 0 spiro atoms. The minimum absolute atomic E-state index is 0.533. The Morgan fingerprint density at radius 3 is 1.80 bits per heavy atom. The van der Waals surface area contributed by atoms with Crippen molar-refractivity contribution in [1.82, 2.24) is 0 Å². The minimum Gasteiger partial charge on any atom is -0.0654 e. The Labute approximate surface area is 155 Å². The number of benzene rings is 2. The van der Waals surface area contributed by atoms with E-state index in [-0.39, 0.29) is 0 Å². The Balaban J connectivity index is 2.75. The quantitative estimate of drug-likeness (QED) is 0.479. The van der Waals surface area contributed by atoms with Crippen molar-refractivity contribution in [2.24, 2.45) is 0 Å². The van der Waals surface area contributed by atoms with Gasteiger partial charge in [0, 0.05) is 0 Å². The lowest BCUT2D eigenvalue weighted by Gasteiger charge is -2.24. The monoisotopic (exact) mass is 336 g/mol. The van der Waals surface area contributed by atoms with Gasteiger partial charge < -0.3 is 0 Å². The molecule has 0 unspecified atom stereocenters. The predicted octanol–water partition coefficient (Wildman–Crippen LogP) is 8.07. The van der Waals surface area contributed by atoms with Crippen molar-refractivity contribution >= 4 is 0 Å². The van der Waals surface area contributed by atoms with Gasteiger partial charge in [-0.3, -0.25) is 0 Å². The highest BCUT2D eigenvalue weighted by Crippen LogP contribution is 2.40. The smallest absolute Gasteiger partial charge is 0.0112 e. The van der Waals surface area contributed by atoms with E-state index in [9.17, 15) is 0 Å². The van der Waals surface area contributed by atoms with Crippen molar-refractivity contribution < 1.29 is 0 Å². The number of hydrogen-bond donors (Lipinski definition) is 0. The van der Waals surface area contributed by atoms with Crippen molar-refractivity contribution in [2.75, 3.05) is 0 Å². The van der Waals surface area contributed by atoms with Crippen LogP contribution < -0.4 is 0 Å². The molecule has 0 aliphatic rings. The molecule has 2 rings (SSSR count). The third kappa shape index (κ3) is 4.54. The van der Waals surface area contributed by atoms with E-state index in [1.54, 1.807) is 0 Å². The maximum absolute atomic E-state index is 2.47. The van der Waals surface area contributed by atoms with Gasteiger partial charge in [-0.15, -0.1) is 0 Å². The zero-order valence-corrected chi connectivity index (χ0v) is 17.3. The van der Waals surface area contributed by atoms with Crippen LogP contribution in [0.1, 0.15) is 101 Å². The van der Waals surface area contributed by atoms with Gasteiger partial charge >= 0.3 is 0 Å². The predicted molar refractivity (Wildman–Crippen MR) is 113 cm³/mol. The van der Waals surface area contributed by atoms with Crippen LogP contribution in [0.15, 0.2) is 36.4 Å². The van der Waals surface area contributed by atoms with Gasteiger partial charge in [0.25, 0.3) is 0 Å². The number of unbranched alkanes of at least 4 members (excludes halogenated alkanes) is 1. The molecule has 0 N–H and O–H groups in total. The zero-order valence-electron chi connectivity index (χ0n) is 17.3. The van der Waals surface area contributed by atoms with Crippen LogP contribution in [-0.2, 0) is 6.42 Å². The third-order valence-electron chi connectivity index (χ3n) is 5.22. The molecule has 0 aromatic heterocycles. The molecule has 25 heavy (non-hydrogen) atoms. The van der Waals surface area contributed by atoms with Crippen LogP contribution >= 0.6 is 0 Å². The molecular formula is C25H36. The number of aryl methyl sites for hydroxylation is 1. The second kappa shape index (κ2) is 8.70. The number of rotatable bonds is 7. The van der Waals surface area contributed by atoms with Gasteiger partial charge in [0.15, 0.2) is 0 Å². The van der Waals surface area contributed by atoms with E-state index < -0.39 is 0 Å². The molecule has 0 heterocycles. The Hall–Kier alpha value is -1.56. The third-order valence-corrected chi connectivity index (χ3v) is 5.22. The van der Waals surface area contributed by atoms with Gasteiger partial charge in [-0.1, -0.05) is 91.3 Å². The van der Waals surface area contributed by atoms with Crippen LogP contribution in [0.4, 0.5) is 0 Å². The molecule has 0 saturated carbocycles. The Morgan fingerprint density at radius 2 is 1.32 bits per heavy atom. The first-order valence-electron chi connectivity index (χ1n) is 10.1. The molecule has 0 atom stereocenters. The van der Waals surface area contributed by atoms with E-state index in [0.717, 1.165) is 0 Å². The first kappa shape index (κ1) is 19.8. The van der Waals surface area contributed by atoms with Gasteiger partial charge in [-0.05, 0) is 64.0 Å².